The number of imide groups is 1. The van der Waals surface area contributed by atoms with Gasteiger partial charge in [0.05, 0.1) is 0 Å². The second-order valence-electron chi connectivity index (χ2n) is 2.87. The van der Waals surface area contributed by atoms with Crippen molar-refractivity contribution in [1.82, 2.24) is 5.32 Å². The molecule has 0 spiro atoms. The fraction of sp³-hybridized carbons (Fsp3) is 0.600. The Kier molecular flexibility index (Phi) is 2.21. The van der Waals surface area contributed by atoms with Crippen molar-refractivity contribution in [2.24, 2.45) is 0 Å². The first-order valence-electron chi connectivity index (χ1n) is 2.94. The van der Waals surface area contributed by atoms with Crippen LogP contribution in [0.2, 0.25) is 0 Å². The average Bonchev–Trinajstić information content (AvgIpc) is 1.94. The number of halogens is 2. The molecule has 3 amide bonds. The van der Waals surface area contributed by atoms with Gasteiger partial charge in [-0.25, -0.2) is 9.59 Å². The molecular formula is C5H7I2N2O2+. The maximum atomic E-state index is 11.4. The van der Waals surface area contributed by atoms with E-state index in [0.29, 0.717) is 0 Å². The number of nitrogens with one attached hydrogen (secondary N) is 1. The number of urea groups is 1. The maximum absolute atomic E-state index is 11.4. The van der Waals surface area contributed by atoms with Crippen LogP contribution in [0, 0.1) is 0 Å². The van der Waals surface area contributed by atoms with E-state index in [-0.39, 0.29) is 12.8 Å². The molecule has 62 valence electrons. The molecule has 1 rings (SSSR count). The second-order valence-corrected chi connectivity index (χ2v) is 7.61. The average molecular weight is 381 g/mol. The molecule has 0 unspecified atom stereocenters. The van der Waals surface area contributed by atoms with E-state index in [0.717, 1.165) is 0 Å². The number of rotatable bonds is 0. The van der Waals surface area contributed by atoms with Crippen LogP contribution in [0.4, 0.5) is 4.79 Å². The standard InChI is InChI=1S/C5H6I2N2O2/c1-5(2)3(10)9(6,7)4(11)8-5/h1-2H3/p+1. The quantitative estimate of drug-likeness (QED) is 0.393. The lowest BCUT2D eigenvalue weighted by atomic mass is 10.1. The van der Waals surface area contributed by atoms with Gasteiger partial charge < -0.3 is 0 Å². The van der Waals surface area contributed by atoms with Crippen molar-refractivity contribution in [1.29, 1.82) is 0 Å². The fourth-order valence-corrected chi connectivity index (χ4v) is 2.28. The third kappa shape index (κ3) is 1.39. The van der Waals surface area contributed by atoms with Crippen molar-refractivity contribution in [3.05, 3.63) is 0 Å². The summed E-state index contributed by atoms with van der Waals surface area (Å²) in [5.41, 5.74) is -0.723. The van der Waals surface area contributed by atoms with E-state index in [1.54, 1.807) is 59.6 Å². The molecule has 1 N–H and O–H groups in total. The summed E-state index contributed by atoms with van der Waals surface area (Å²) in [5.74, 6) is -0.122. The zero-order chi connectivity index (χ0) is 8.86. The highest BCUT2D eigenvalue weighted by Gasteiger charge is 2.59. The summed E-state index contributed by atoms with van der Waals surface area (Å²) in [6.45, 7) is 3.40. The van der Waals surface area contributed by atoms with Crippen molar-refractivity contribution in [2.75, 3.05) is 0 Å². The molecule has 0 aliphatic carbocycles. The van der Waals surface area contributed by atoms with E-state index in [4.69, 9.17) is 0 Å². The summed E-state index contributed by atoms with van der Waals surface area (Å²) in [7, 11) is 0. The molecule has 0 saturated carbocycles. The van der Waals surface area contributed by atoms with E-state index < -0.39 is 5.54 Å². The topological polar surface area (TPSA) is 46.2 Å². The van der Waals surface area contributed by atoms with Gasteiger partial charge >= 0.3 is 11.9 Å². The normalized spacial score (nSPS) is 26.9. The van der Waals surface area contributed by atoms with Gasteiger partial charge in [-0.05, 0) is 13.8 Å². The van der Waals surface area contributed by atoms with Gasteiger partial charge in [-0.15, -0.1) is 0 Å². The van der Waals surface area contributed by atoms with E-state index in [1.165, 1.54) is 0 Å². The molecule has 1 fully saturated rings. The summed E-state index contributed by atoms with van der Waals surface area (Å²) < 4.78 is -0.261. The molecule has 0 aromatic rings. The number of carbonyl (C=O) groups is 2. The Morgan fingerprint density at radius 3 is 1.91 bits per heavy atom. The van der Waals surface area contributed by atoms with Gasteiger partial charge in [-0.1, -0.05) is 0.910 Å². The first-order valence-corrected chi connectivity index (χ1v) is 4.87. The Labute approximate surface area is 92.3 Å². The molecule has 0 bridgehead atoms. The molecule has 1 heterocycles. The van der Waals surface area contributed by atoms with Crippen LogP contribution in [0.5, 0.6) is 0 Å². The predicted molar refractivity (Wildman–Crippen MR) is 55.9 cm³/mol. The molecule has 1 saturated heterocycles. The van der Waals surface area contributed by atoms with Crippen molar-refractivity contribution >= 4 is 57.7 Å². The van der Waals surface area contributed by atoms with Crippen LogP contribution in [-0.4, -0.2) is 18.4 Å². The largest absolute Gasteiger partial charge is 0.440 e. The highest BCUT2D eigenvalue weighted by Crippen LogP contribution is 2.35. The Morgan fingerprint density at radius 2 is 1.82 bits per heavy atom. The Balaban J connectivity index is 3.09. The highest BCUT2D eigenvalue weighted by atomic mass is 127. The van der Waals surface area contributed by atoms with Crippen molar-refractivity contribution < 1.29 is 10.5 Å². The van der Waals surface area contributed by atoms with Crippen molar-refractivity contribution in [2.45, 2.75) is 19.4 Å². The van der Waals surface area contributed by atoms with Gasteiger partial charge in [0.2, 0.25) is 0 Å². The molecule has 0 atom stereocenters. The number of hydrogen-bond donors (Lipinski definition) is 1. The van der Waals surface area contributed by atoms with Crippen molar-refractivity contribution in [3.63, 3.8) is 0 Å². The first kappa shape index (κ1) is 9.65. The van der Waals surface area contributed by atoms with Crippen LogP contribution in [0.3, 0.4) is 0 Å². The fourth-order valence-electron chi connectivity index (χ4n) is 0.834. The molecule has 4 nitrogen and oxygen atoms in total. The highest BCUT2D eigenvalue weighted by molar-refractivity contribution is 14.2. The minimum atomic E-state index is -0.723. The maximum Gasteiger partial charge on any atom is 0.440 e. The van der Waals surface area contributed by atoms with Crippen LogP contribution in [-0.2, 0) is 4.79 Å². The number of carbonyl (C=O) groups excluding carboxylic acids is 2. The third-order valence-corrected chi connectivity index (χ3v) is 3.22. The van der Waals surface area contributed by atoms with Crippen LogP contribution in [0.15, 0.2) is 0 Å². The predicted octanol–water partition coefficient (Wildman–Crippen LogP) is 1.53. The summed E-state index contributed by atoms with van der Waals surface area (Å²) >= 11 is 3.61. The lowest BCUT2D eigenvalue weighted by molar-refractivity contribution is -0.371. The second kappa shape index (κ2) is 2.52. The van der Waals surface area contributed by atoms with Crippen LogP contribution < -0.4 is 5.32 Å². The molecule has 6 heteroatoms. The Morgan fingerprint density at radius 1 is 1.36 bits per heavy atom. The number of quaternary nitrogens is 1. The van der Waals surface area contributed by atoms with Gasteiger partial charge in [0.15, 0.2) is 5.54 Å². The monoisotopic (exact) mass is 381 g/mol. The van der Waals surface area contributed by atoms with Gasteiger partial charge in [0.25, 0.3) is 45.7 Å². The SMILES string of the molecule is CC1(C)NC(=O)[N+](I)(I)C1=O. The molecule has 0 aromatic heterocycles. The van der Waals surface area contributed by atoms with Gasteiger partial charge in [0.1, 0.15) is 0 Å². The number of amides is 3. The van der Waals surface area contributed by atoms with E-state index in [2.05, 4.69) is 5.32 Å². The van der Waals surface area contributed by atoms with Crippen LogP contribution in [0.25, 0.3) is 0 Å². The Bertz CT molecular complexity index is 237. The molecule has 0 radical (unpaired) electrons. The molecule has 1 aliphatic rings. The van der Waals surface area contributed by atoms with Gasteiger partial charge in [-0.2, -0.15) is 0 Å². The van der Waals surface area contributed by atoms with Crippen LogP contribution in [0.1, 0.15) is 13.8 Å². The van der Waals surface area contributed by atoms with E-state index in [9.17, 15) is 9.59 Å². The van der Waals surface area contributed by atoms with Gasteiger partial charge in [-0.3, -0.25) is 5.32 Å². The number of hydrogen-bond acceptors (Lipinski definition) is 2. The lowest BCUT2D eigenvalue weighted by Crippen LogP contribution is -2.40. The van der Waals surface area contributed by atoms with E-state index in [1.807, 2.05) is 0 Å². The Hall–Kier alpha value is 0.560. The summed E-state index contributed by atoms with van der Waals surface area (Å²) in [6, 6.07) is -0.263. The number of nitrogens with zero attached hydrogens (tertiary/aromatic N) is 1. The lowest BCUT2D eigenvalue weighted by Gasteiger charge is -2.10. The molecule has 0 aromatic carbocycles. The minimum absolute atomic E-state index is 0.122. The zero-order valence-corrected chi connectivity index (χ0v) is 10.3. The summed E-state index contributed by atoms with van der Waals surface area (Å²) in [6.07, 6.45) is 0. The van der Waals surface area contributed by atoms with E-state index >= 15 is 0 Å². The van der Waals surface area contributed by atoms with Gasteiger partial charge in [0, 0.05) is 0 Å². The van der Waals surface area contributed by atoms with Crippen molar-refractivity contribution in [3.8, 4) is 0 Å². The summed E-state index contributed by atoms with van der Waals surface area (Å²) in [5, 5.41) is 2.60. The molecule has 1 aliphatic heterocycles. The summed E-state index contributed by atoms with van der Waals surface area (Å²) in [4.78, 5) is 22.6. The first-order chi connectivity index (χ1) is 4.78. The zero-order valence-electron chi connectivity index (χ0n) is 6.02. The molecule has 11 heavy (non-hydrogen) atoms. The third-order valence-electron chi connectivity index (χ3n) is 1.46. The van der Waals surface area contributed by atoms with Crippen LogP contribution >= 0.6 is 45.7 Å². The molecular weight excluding hydrogens is 374 g/mol. The smallest absolute Gasteiger partial charge is 0.286 e. The minimum Gasteiger partial charge on any atom is -0.286 e.